The van der Waals surface area contributed by atoms with E-state index >= 15 is 0 Å². The Morgan fingerprint density at radius 3 is 2.95 bits per heavy atom. The van der Waals surface area contributed by atoms with Gasteiger partial charge in [0.05, 0.1) is 16.1 Å². The lowest BCUT2D eigenvalue weighted by molar-refractivity contribution is 0.334. The van der Waals surface area contributed by atoms with E-state index in [-0.39, 0.29) is 0 Å². The predicted molar refractivity (Wildman–Crippen MR) is 82.3 cm³/mol. The quantitative estimate of drug-likeness (QED) is 0.876. The predicted octanol–water partition coefficient (Wildman–Crippen LogP) is 4.69. The third-order valence-corrected chi connectivity index (χ3v) is 4.69. The number of halogens is 2. The summed E-state index contributed by atoms with van der Waals surface area (Å²) in [6.45, 7) is 1.56. The highest BCUT2D eigenvalue weighted by Gasteiger charge is 2.23. The van der Waals surface area contributed by atoms with E-state index in [0.717, 1.165) is 29.1 Å². The average molecular weight is 339 g/mol. The maximum absolute atomic E-state index is 6.08. The van der Waals surface area contributed by atoms with Gasteiger partial charge in [0.1, 0.15) is 5.75 Å². The van der Waals surface area contributed by atoms with Gasteiger partial charge in [0.2, 0.25) is 0 Å². The van der Waals surface area contributed by atoms with Crippen molar-refractivity contribution in [1.82, 2.24) is 0 Å². The largest absolute Gasteiger partial charge is 0.493 e. The van der Waals surface area contributed by atoms with Crippen molar-refractivity contribution >= 4 is 33.2 Å². The molecule has 0 spiro atoms. The van der Waals surface area contributed by atoms with Crippen LogP contribution >= 0.6 is 27.5 Å². The lowest BCUT2D eigenvalue weighted by Gasteiger charge is -2.13. The maximum atomic E-state index is 6.08. The number of benzene rings is 2. The van der Waals surface area contributed by atoms with Gasteiger partial charge in [0.15, 0.2) is 0 Å². The fourth-order valence-electron chi connectivity index (χ4n) is 2.27. The SMILES string of the molecule is Clc1cccc(NCC2COc3ccccc32)c1Br. The van der Waals surface area contributed by atoms with E-state index in [9.17, 15) is 0 Å². The Labute approximate surface area is 125 Å². The van der Waals surface area contributed by atoms with E-state index in [4.69, 9.17) is 16.3 Å². The van der Waals surface area contributed by atoms with Gasteiger partial charge < -0.3 is 10.1 Å². The van der Waals surface area contributed by atoms with E-state index < -0.39 is 0 Å². The zero-order valence-corrected chi connectivity index (χ0v) is 12.5. The molecule has 2 aromatic carbocycles. The summed E-state index contributed by atoms with van der Waals surface area (Å²) in [5.41, 5.74) is 2.28. The highest BCUT2D eigenvalue weighted by molar-refractivity contribution is 9.10. The number of ether oxygens (including phenoxy) is 1. The molecular formula is C15H13BrClNO. The van der Waals surface area contributed by atoms with Crippen LogP contribution in [0.2, 0.25) is 5.02 Å². The van der Waals surface area contributed by atoms with Gasteiger partial charge in [0, 0.05) is 23.7 Å². The Balaban J connectivity index is 1.73. The summed E-state index contributed by atoms with van der Waals surface area (Å²) in [7, 11) is 0. The van der Waals surface area contributed by atoms with Crippen LogP contribution in [0.25, 0.3) is 0 Å². The van der Waals surface area contributed by atoms with E-state index in [1.165, 1.54) is 5.56 Å². The number of hydrogen-bond acceptors (Lipinski definition) is 2. The zero-order valence-electron chi connectivity index (χ0n) is 10.2. The van der Waals surface area contributed by atoms with Gasteiger partial charge in [-0.3, -0.25) is 0 Å². The Kier molecular flexibility index (Phi) is 3.67. The Hall–Kier alpha value is -1.19. The minimum atomic E-state index is 0.377. The van der Waals surface area contributed by atoms with Crippen LogP contribution in [0.1, 0.15) is 11.5 Å². The number of rotatable bonds is 3. The topological polar surface area (TPSA) is 21.3 Å². The summed E-state index contributed by atoms with van der Waals surface area (Å²) < 4.78 is 6.58. The molecule has 0 aliphatic carbocycles. The molecule has 1 atom stereocenters. The molecule has 0 bridgehead atoms. The van der Waals surface area contributed by atoms with Crippen LogP contribution < -0.4 is 10.1 Å². The summed E-state index contributed by atoms with van der Waals surface area (Å²) in [6, 6.07) is 14.0. The Morgan fingerprint density at radius 2 is 2.05 bits per heavy atom. The molecule has 2 nitrogen and oxygen atoms in total. The molecule has 0 saturated heterocycles. The second kappa shape index (κ2) is 5.43. The van der Waals surface area contributed by atoms with E-state index in [1.807, 2.05) is 30.3 Å². The van der Waals surface area contributed by atoms with Gasteiger partial charge in [-0.15, -0.1) is 0 Å². The number of nitrogens with one attached hydrogen (secondary N) is 1. The first-order valence-corrected chi connectivity index (χ1v) is 7.32. The molecule has 98 valence electrons. The van der Waals surface area contributed by atoms with Crippen molar-refractivity contribution in [3.63, 3.8) is 0 Å². The van der Waals surface area contributed by atoms with Crippen LogP contribution in [-0.2, 0) is 0 Å². The number of para-hydroxylation sites is 1. The monoisotopic (exact) mass is 337 g/mol. The lowest BCUT2D eigenvalue weighted by Crippen LogP contribution is -2.14. The van der Waals surface area contributed by atoms with E-state index in [0.29, 0.717) is 10.9 Å². The number of fused-ring (bicyclic) bond motifs is 1. The highest BCUT2D eigenvalue weighted by Crippen LogP contribution is 2.35. The van der Waals surface area contributed by atoms with E-state index in [1.54, 1.807) is 0 Å². The first-order chi connectivity index (χ1) is 9.25. The molecule has 1 heterocycles. The maximum Gasteiger partial charge on any atom is 0.122 e. The van der Waals surface area contributed by atoms with Gasteiger partial charge in [-0.1, -0.05) is 35.9 Å². The van der Waals surface area contributed by atoms with Crippen molar-refractivity contribution in [3.05, 3.63) is 57.5 Å². The third-order valence-electron chi connectivity index (χ3n) is 3.29. The smallest absolute Gasteiger partial charge is 0.122 e. The molecule has 0 amide bonds. The third kappa shape index (κ3) is 2.58. The molecular weight excluding hydrogens is 326 g/mol. The Morgan fingerprint density at radius 1 is 1.21 bits per heavy atom. The van der Waals surface area contributed by atoms with Crippen LogP contribution in [0.5, 0.6) is 5.75 Å². The standard InChI is InChI=1S/C15H13BrClNO/c16-15-12(17)5-3-6-13(15)18-8-10-9-19-14-7-2-1-4-11(10)14/h1-7,10,18H,8-9H2. The van der Waals surface area contributed by atoms with Crippen LogP contribution in [-0.4, -0.2) is 13.2 Å². The van der Waals surface area contributed by atoms with Crippen molar-refractivity contribution in [2.24, 2.45) is 0 Å². The van der Waals surface area contributed by atoms with Crippen molar-refractivity contribution < 1.29 is 4.74 Å². The van der Waals surface area contributed by atoms with Crippen LogP contribution in [0, 0.1) is 0 Å². The molecule has 3 rings (SSSR count). The fraction of sp³-hybridized carbons (Fsp3) is 0.200. The lowest BCUT2D eigenvalue weighted by atomic mass is 10.0. The minimum Gasteiger partial charge on any atom is -0.493 e. The first kappa shape index (κ1) is 12.8. The van der Waals surface area contributed by atoms with Crippen LogP contribution in [0.4, 0.5) is 5.69 Å². The molecule has 1 unspecified atom stereocenters. The molecule has 19 heavy (non-hydrogen) atoms. The molecule has 0 fully saturated rings. The minimum absolute atomic E-state index is 0.377. The first-order valence-electron chi connectivity index (χ1n) is 6.15. The molecule has 1 aliphatic heterocycles. The Bertz CT molecular complexity index is 602. The molecule has 0 radical (unpaired) electrons. The number of hydrogen-bond donors (Lipinski definition) is 1. The summed E-state index contributed by atoms with van der Waals surface area (Å²) in [6.07, 6.45) is 0. The molecule has 4 heteroatoms. The van der Waals surface area contributed by atoms with Crippen molar-refractivity contribution in [1.29, 1.82) is 0 Å². The zero-order chi connectivity index (χ0) is 13.2. The van der Waals surface area contributed by atoms with Gasteiger partial charge in [-0.25, -0.2) is 0 Å². The van der Waals surface area contributed by atoms with Gasteiger partial charge >= 0.3 is 0 Å². The van der Waals surface area contributed by atoms with Crippen LogP contribution in [0.15, 0.2) is 46.9 Å². The normalized spacial score (nSPS) is 16.8. The van der Waals surface area contributed by atoms with Crippen LogP contribution in [0.3, 0.4) is 0 Å². The molecule has 2 aromatic rings. The number of anilines is 1. The van der Waals surface area contributed by atoms with Gasteiger partial charge in [0.25, 0.3) is 0 Å². The second-order valence-corrected chi connectivity index (χ2v) is 5.73. The van der Waals surface area contributed by atoms with E-state index in [2.05, 4.69) is 33.4 Å². The summed E-state index contributed by atoms with van der Waals surface area (Å²) in [4.78, 5) is 0. The van der Waals surface area contributed by atoms with Crippen molar-refractivity contribution in [3.8, 4) is 5.75 Å². The van der Waals surface area contributed by atoms with Crippen molar-refractivity contribution in [2.75, 3.05) is 18.5 Å². The summed E-state index contributed by atoms with van der Waals surface area (Å²) in [5.74, 6) is 1.38. The molecule has 0 aromatic heterocycles. The summed E-state index contributed by atoms with van der Waals surface area (Å²) in [5, 5.41) is 4.14. The second-order valence-electron chi connectivity index (χ2n) is 4.53. The van der Waals surface area contributed by atoms with Gasteiger partial charge in [-0.2, -0.15) is 0 Å². The fourth-order valence-corrected chi connectivity index (χ4v) is 2.85. The molecule has 1 aliphatic rings. The van der Waals surface area contributed by atoms with Gasteiger partial charge in [-0.05, 0) is 34.1 Å². The highest BCUT2D eigenvalue weighted by atomic mass is 79.9. The average Bonchev–Trinajstić information content (AvgIpc) is 2.84. The molecule has 1 N–H and O–H groups in total. The summed E-state index contributed by atoms with van der Waals surface area (Å²) >= 11 is 9.57. The molecule has 0 saturated carbocycles. The van der Waals surface area contributed by atoms with Crippen molar-refractivity contribution in [2.45, 2.75) is 5.92 Å².